The Labute approximate surface area is 115 Å². The van der Waals surface area contributed by atoms with E-state index in [2.05, 4.69) is 18.7 Å². The first-order valence-electron chi connectivity index (χ1n) is 6.73. The second-order valence-corrected chi connectivity index (χ2v) is 4.98. The smallest absolute Gasteiger partial charge is 0.140 e. The van der Waals surface area contributed by atoms with Crippen molar-refractivity contribution in [1.82, 2.24) is 0 Å². The van der Waals surface area contributed by atoms with Crippen molar-refractivity contribution >= 4 is 11.6 Å². The molecule has 0 aliphatic carbocycles. The van der Waals surface area contributed by atoms with Gasteiger partial charge in [-0.05, 0) is 44.6 Å². The lowest BCUT2D eigenvalue weighted by atomic mass is 9.82. The number of Topliss-reactive ketones (excluding diaryl/α,β-unsaturated/α-hetero) is 2. The number of carbonyl (C=O) groups is 2. The molecule has 1 rings (SSSR count). The second kappa shape index (κ2) is 7.67. The van der Waals surface area contributed by atoms with Crippen LogP contribution in [0.2, 0.25) is 0 Å². The van der Waals surface area contributed by atoms with Crippen LogP contribution in [0.25, 0.3) is 0 Å². The molecular formula is C17H22O2. The van der Waals surface area contributed by atoms with Gasteiger partial charge in [-0.3, -0.25) is 9.59 Å². The van der Waals surface area contributed by atoms with E-state index in [-0.39, 0.29) is 17.5 Å². The number of allylic oxidation sites excluding steroid dienone is 1. The van der Waals surface area contributed by atoms with Crippen LogP contribution in [-0.2, 0) is 16.0 Å². The summed E-state index contributed by atoms with van der Waals surface area (Å²) in [6.07, 6.45) is 4.49. The zero-order chi connectivity index (χ0) is 14.3. The maximum absolute atomic E-state index is 11.6. The molecule has 0 aromatic heterocycles. The van der Waals surface area contributed by atoms with Crippen molar-refractivity contribution in [2.45, 2.75) is 33.1 Å². The highest BCUT2D eigenvalue weighted by Gasteiger charge is 2.26. The minimum absolute atomic E-state index is 0.0429. The summed E-state index contributed by atoms with van der Waals surface area (Å²) in [5.74, 6) is -0.679. The second-order valence-electron chi connectivity index (χ2n) is 4.98. The predicted octanol–water partition coefficient (Wildman–Crippen LogP) is 3.61. The largest absolute Gasteiger partial charge is 0.299 e. The van der Waals surface area contributed by atoms with E-state index in [0.717, 1.165) is 19.3 Å². The molecule has 0 amide bonds. The van der Waals surface area contributed by atoms with E-state index in [4.69, 9.17) is 0 Å². The highest BCUT2D eigenvalue weighted by atomic mass is 16.1. The van der Waals surface area contributed by atoms with E-state index in [0.29, 0.717) is 0 Å². The van der Waals surface area contributed by atoms with E-state index in [1.54, 1.807) is 6.08 Å². The number of benzene rings is 1. The molecule has 19 heavy (non-hydrogen) atoms. The van der Waals surface area contributed by atoms with Gasteiger partial charge in [0.15, 0.2) is 0 Å². The van der Waals surface area contributed by atoms with Gasteiger partial charge in [-0.25, -0.2) is 0 Å². The quantitative estimate of drug-likeness (QED) is 0.527. The van der Waals surface area contributed by atoms with Gasteiger partial charge in [0.2, 0.25) is 0 Å². The van der Waals surface area contributed by atoms with Gasteiger partial charge in [-0.1, -0.05) is 36.4 Å². The van der Waals surface area contributed by atoms with Crippen LogP contribution in [0.4, 0.5) is 0 Å². The fourth-order valence-electron chi connectivity index (χ4n) is 2.50. The normalized spacial score (nSPS) is 12.2. The Balaban J connectivity index is 2.55. The Hall–Kier alpha value is -1.70. The summed E-state index contributed by atoms with van der Waals surface area (Å²) < 4.78 is 0. The monoisotopic (exact) mass is 258 g/mol. The van der Waals surface area contributed by atoms with Crippen LogP contribution in [0.3, 0.4) is 0 Å². The van der Waals surface area contributed by atoms with Gasteiger partial charge in [-0.15, -0.1) is 6.58 Å². The summed E-state index contributed by atoms with van der Waals surface area (Å²) in [6, 6.07) is 10.2. The lowest BCUT2D eigenvalue weighted by Gasteiger charge is -2.19. The van der Waals surface area contributed by atoms with Crippen molar-refractivity contribution in [2.75, 3.05) is 0 Å². The fraction of sp³-hybridized carbons (Fsp3) is 0.412. The Bertz CT molecular complexity index is 420. The van der Waals surface area contributed by atoms with Gasteiger partial charge >= 0.3 is 0 Å². The zero-order valence-electron chi connectivity index (χ0n) is 11.8. The van der Waals surface area contributed by atoms with Gasteiger partial charge in [-0.2, -0.15) is 0 Å². The number of hydrogen-bond donors (Lipinski definition) is 0. The highest BCUT2D eigenvalue weighted by molar-refractivity contribution is 6.00. The van der Waals surface area contributed by atoms with Gasteiger partial charge in [0.1, 0.15) is 11.6 Å². The van der Waals surface area contributed by atoms with Crippen molar-refractivity contribution in [3.05, 3.63) is 48.6 Å². The van der Waals surface area contributed by atoms with Crippen LogP contribution in [-0.4, -0.2) is 11.6 Å². The lowest BCUT2D eigenvalue weighted by Crippen LogP contribution is -2.27. The summed E-state index contributed by atoms with van der Waals surface area (Å²) in [7, 11) is 0. The Morgan fingerprint density at radius 3 is 2.21 bits per heavy atom. The van der Waals surface area contributed by atoms with Crippen molar-refractivity contribution < 1.29 is 9.59 Å². The van der Waals surface area contributed by atoms with Crippen molar-refractivity contribution in [1.29, 1.82) is 0 Å². The number of carbonyl (C=O) groups excluding carboxylic acids is 2. The topological polar surface area (TPSA) is 34.1 Å². The zero-order valence-corrected chi connectivity index (χ0v) is 11.8. The summed E-state index contributed by atoms with van der Waals surface area (Å²) in [6.45, 7) is 6.74. The van der Waals surface area contributed by atoms with Crippen molar-refractivity contribution in [3.63, 3.8) is 0 Å². The number of hydrogen-bond acceptors (Lipinski definition) is 2. The molecule has 1 aromatic carbocycles. The van der Waals surface area contributed by atoms with Gasteiger partial charge in [0.25, 0.3) is 0 Å². The lowest BCUT2D eigenvalue weighted by molar-refractivity contribution is -0.132. The SMILES string of the molecule is C=CC(CCCc1ccccc1)C(C(C)=O)C(C)=O. The molecule has 0 aliphatic heterocycles. The van der Waals surface area contributed by atoms with Crippen LogP contribution < -0.4 is 0 Å². The molecule has 0 aliphatic rings. The highest BCUT2D eigenvalue weighted by Crippen LogP contribution is 2.22. The molecule has 102 valence electrons. The summed E-state index contributed by atoms with van der Waals surface area (Å²) in [4.78, 5) is 23.1. The van der Waals surface area contributed by atoms with Crippen LogP contribution in [0.5, 0.6) is 0 Å². The molecule has 0 saturated carbocycles. The van der Waals surface area contributed by atoms with E-state index >= 15 is 0 Å². The van der Waals surface area contributed by atoms with Crippen LogP contribution in [0.15, 0.2) is 43.0 Å². The first kappa shape index (κ1) is 15.4. The third kappa shape index (κ3) is 4.82. The third-order valence-electron chi connectivity index (χ3n) is 3.45. The molecule has 0 heterocycles. The first-order chi connectivity index (χ1) is 9.06. The van der Waals surface area contributed by atoms with Gasteiger partial charge in [0, 0.05) is 0 Å². The number of aryl methyl sites for hydroxylation is 1. The molecule has 1 aromatic rings. The maximum Gasteiger partial charge on any atom is 0.140 e. The number of rotatable bonds is 8. The number of ketones is 2. The molecule has 0 bridgehead atoms. The fourth-order valence-corrected chi connectivity index (χ4v) is 2.50. The van der Waals surface area contributed by atoms with Gasteiger partial charge < -0.3 is 0 Å². The molecule has 0 fully saturated rings. The molecule has 2 nitrogen and oxygen atoms in total. The van der Waals surface area contributed by atoms with Crippen LogP contribution in [0, 0.1) is 11.8 Å². The summed E-state index contributed by atoms with van der Waals surface area (Å²) >= 11 is 0. The average molecular weight is 258 g/mol. The van der Waals surface area contributed by atoms with E-state index in [9.17, 15) is 9.59 Å². The molecule has 0 N–H and O–H groups in total. The molecule has 0 saturated heterocycles. The summed E-state index contributed by atoms with van der Waals surface area (Å²) in [5.41, 5.74) is 1.28. The third-order valence-corrected chi connectivity index (χ3v) is 3.45. The summed E-state index contributed by atoms with van der Waals surface area (Å²) in [5, 5.41) is 0. The molecule has 1 unspecified atom stereocenters. The molecule has 2 heteroatoms. The van der Waals surface area contributed by atoms with Crippen molar-refractivity contribution in [2.24, 2.45) is 11.8 Å². The molecule has 0 spiro atoms. The van der Waals surface area contributed by atoms with E-state index in [1.807, 2.05) is 18.2 Å². The van der Waals surface area contributed by atoms with Crippen molar-refractivity contribution in [3.8, 4) is 0 Å². The Morgan fingerprint density at radius 2 is 1.74 bits per heavy atom. The van der Waals surface area contributed by atoms with E-state index in [1.165, 1.54) is 19.4 Å². The molecule has 1 atom stereocenters. The van der Waals surface area contributed by atoms with E-state index < -0.39 is 5.92 Å². The average Bonchev–Trinajstić information content (AvgIpc) is 2.37. The minimum atomic E-state index is -0.520. The Morgan fingerprint density at radius 1 is 1.16 bits per heavy atom. The Kier molecular flexibility index (Phi) is 6.20. The first-order valence-corrected chi connectivity index (χ1v) is 6.73. The minimum Gasteiger partial charge on any atom is -0.299 e. The molecular weight excluding hydrogens is 236 g/mol. The van der Waals surface area contributed by atoms with Crippen LogP contribution in [0.1, 0.15) is 32.3 Å². The maximum atomic E-state index is 11.6. The standard InChI is InChI=1S/C17H22O2/c1-4-16(17(13(2)18)14(3)19)12-8-11-15-9-6-5-7-10-15/h4-7,9-10,16-17H,1,8,11-12H2,2-3H3. The van der Waals surface area contributed by atoms with Crippen LogP contribution >= 0.6 is 0 Å². The van der Waals surface area contributed by atoms with Gasteiger partial charge in [0.05, 0.1) is 5.92 Å². The molecule has 0 radical (unpaired) electrons. The predicted molar refractivity (Wildman–Crippen MR) is 77.9 cm³/mol.